The van der Waals surface area contributed by atoms with Crippen LogP contribution in [0.2, 0.25) is 0 Å². The molecule has 0 bridgehead atoms. The van der Waals surface area contributed by atoms with Gasteiger partial charge in [-0.15, -0.1) is 5.10 Å². The van der Waals surface area contributed by atoms with Gasteiger partial charge in [0.15, 0.2) is 0 Å². The van der Waals surface area contributed by atoms with Crippen LogP contribution in [0.1, 0.15) is 42.1 Å². The van der Waals surface area contributed by atoms with Crippen LogP contribution in [0.15, 0.2) is 42.5 Å². The highest BCUT2D eigenvalue weighted by atomic mass is 16.5. The Bertz CT molecular complexity index is 913. The van der Waals surface area contributed by atoms with E-state index in [1.54, 1.807) is 13.2 Å². The fourth-order valence-corrected chi connectivity index (χ4v) is 3.44. The fourth-order valence-electron chi connectivity index (χ4n) is 3.44. The lowest BCUT2D eigenvalue weighted by molar-refractivity contribution is 0.102. The second kappa shape index (κ2) is 6.55. The topological polar surface area (TPSA) is 69.0 Å². The van der Waals surface area contributed by atoms with Crippen LogP contribution in [0, 0.1) is 0 Å². The van der Waals surface area contributed by atoms with E-state index in [1.165, 1.54) is 12.8 Å². The van der Waals surface area contributed by atoms with Crippen LogP contribution >= 0.6 is 0 Å². The Morgan fingerprint density at radius 2 is 2.00 bits per heavy atom. The van der Waals surface area contributed by atoms with Gasteiger partial charge in [0, 0.05) is 5.56 Å². The summed E-state index contributed by atoms with van der Waals surface area (Å²) in [4.78, 5) is 12.6. The molecule has 1 aliphatic rings. The van der Waals surface area contributed by atoms with Gasteiger partial charge < -0.3 is 10.1 Å². The summed E-state index contributed by atoms with van der Waals surface area (Å²) in [5.74, 6) is 0.436. The first-order chi connectivity index (χ1) is 12.3. The maximum atomic E-state index is 12.6. The smallest absolute Gasteiger partial charge is 0.255 e. The zero-order valence-corrected chi connectivity index (χ0v) is 14.1. The number of fused-ring (bicyclic) bond motifs is 1. The summed E-state index contributed by atoms with van der Waals surface area (Å²) < 4.78 is 7.28. The third-order valence-electron chi connectivity index (χ3n) is 4.76. The molecule has 128 valence electrons. The summed E-state index contributed by atoms with van der Waals surface area (Å²) in [6.07, 6.45) is 4.78. The number of rotatable bonds is 4. The third kappa shape index (κ3) is 2.95. The molecule has 6 nitrogen and oxygen atoms in total. The van der Waals surface area contributed by atoms with E-state index in [4.69, 9.17) is 4.74 Å². The van der Waals surface area contributed by atoms with Crippen molar-refractivity contribution in [2.45, 2.75) is 31.7 Å². The number of ether oxygens (including phenoxy) is 1. The molecule has 25 heavy (non-hydrogen) atoms. The number of nitrogens with one attached hydrogen (secondary N) is 1. The predicted molar refractivity (Wildman–Crippen MR) is 96.0 cm³/mol. The second-order valence-corrected chi connectivity index (χ2v) is 6.33. The minimum atomic E-state index is -0.193. The Balaban J connectivity index is 1.60. The summed E-state index contributed by atoms with van der Waals surface area (Å²) in [5.41, 5.74) is 2.93. The number of hydrogen-bond donors (Lipinski definition) is 1. The van der Waals surface area contributed by atoms with E-state index in [2.05, 4.69) is 15.6 Å². The number of nitrogens with zero attached hydrogens (tertiary/aromatic N) is 3. The standard InChI is InChI=1S/C19H20N4O2/c1-25-18-9-5-4-8-15(18)20-19(24)13-10-11-17-16(12-13)21-22-23(17)14-6-2-3-7-14/h4-5,8-12,14H,2-3,6-7H2,1H3,(H,20,24). The summed E-state index contributed by atoms with van der Waals surface area (Å²) in [6, 6.07) is 13.3. The number of carbonyl (C=O) groups excluding carboxylic acids is 1. The summed E-state index contributed by atoms with van der Waals surface area (Å²) in [7, 11) is 1.58. The fraction of sp³-hybridized carbons (Fsp3) is 0.316. The van der Waals surface area contributed by atoms with Crippen molar-refractivity contribution in [3.8, 4) is 5.75 Å². The zero-order valence-electron chi connectivity index (χ0n) is 14.1. The van der Waals surface area contributed by atoms with Crippen LogP contribution in [0.4, 0.5) is 5.69 Å². The molecule has 1 aromatic heterocycles. The predicted octanol–water partition coefficient (Wildman–Crippen LogP) is 3.81. The van der Waals surface area contributed by atoms with Gasteiger partial charge in [-0.05, 0) is 43.2 Å². The molecule has 1 N–H and O–H groups in total. The Morgan fingerprint density at radius 3 is 2.80 bits per heavy atom. The quantitative estimate of drug-likeness (QED) is 0.786. The molecule has 0 saturated heterocycles. The average molecular weight is 336 g/mol. The number of carbonyl (C=O) groups is 1. The number of aromatic nitrogens is 3. The van der Waals surface area contributed by atoms with Crippen LogP contribution in [-0.4, -0.2) is 28.0 Å². The highest BCUT2D eigenvalue weighted by molar-refractivity contribution is 6.06. The maximum absolute atomic E-state index is 12.6. The first-order valence-corrected chi connectivity index (χ1v) is 8.55. The summed E-state index contributed by atoms with van der Waals surface area (Å²) in [5, 5.41) is 11.4. The van der Waals surface area contributed by atoms with Crippen molar-refractivity contribution >= 4 is 22.6 Å². The maximum Gasteiger partial charge on any atom is 0.255 e. The van der Waals surface area contributed by atoms with Gasteiger partial charge in [-0.1, -0.05) is 30.2 Å². The van der Waals surface area contributed by atoms with E-state index in [0.29, 0.717) is 23.0 Å². The Hall–Kier alpha value is -2.89. The number of amides is 1. The number of anilines is 1. The molecule has 0 unspecified atom stereocenters. The van der Waals surface area contributed by atoms with Gasteiger partial charge in [-0.3, -0.25) is 4.79 Å². The molecule has 2 aromatic carbocycles. The molecule has 1 aliphatic carbocycles. The van der Waals surface area contributed by atoms with Gasteiger partial charge in [-0.25, -0.2) is 4.68 Å². The van der Waals surface area contributed by atoms with Gasteiger partial charge in [0.2, 0.25) is 0 Å². The van der Waals surface area contributed by atoms with Crippen molar-refractivity contribution in [2.75, 3.05) is 12.4 Å². The highest BCUT2D eigenvalue weighted by Gasteiger charge is 2.20. The largest absolute Gasteiger partial charge is 0.495 e. The molecule has 1 saturated carbocycles. The van der Waals surface area contributed by atoms with Crippen molar-refractivity contribution in [3.63, 3.8) is 0 Å². The molecule has 1 fully saturated rings. The molecule has 4 rings (SSSR count). The van der Waals surface area contributed by atoms with Crippen LogP contribution in [0.5, 0.6) is 5.75 Å². The number of methoxy groups -OCH3 is 1. The third-order valence-corrected chi connectivity index (χ3v) is 4.76. The van der Waals surface area contributed by atoms with Gasteiger partial charge in [-0.2, -0.15) is 0 Å². The van der Waals surface area contributed by atoms with E-state index in [0.717, 1.165) is 23.9 Å². The normalized spacial score (nSPS) is 14.8. The Kier molecular flexibility index (Phi) is 4.09. The molecule has 1 heterocycles. The minimum absolute atomic E-state index is 0.193. The molecule has 0 aliphatic heterocycles. The van der Waals surface area contributed by atoms with Crippen molar-refractivity contribution < 1.29 is 9.53 Å². The molecular weight excluding hydrogens is 316 g/mol. The molecule has 0 atom stereocenters. The first kappa shape index (κ1) is 15.6. The lowest BCUT2D eigenvalue weighted by atomic mass is 10.1. The molecule has 3 aromatic rings. The molecule has 0 spiro atoms. The zero-order chi connectivity index (χ0) is 17.2. The van der Waals surface area contributed by atoms with E-state index >= 15 is 0 Å². The van der Waals surface area contributed by atoms with Gasteiger partial charge >= 0.3 is 0 Å². The molecule has 6 heteroatoms. The minimum Gasteiger partial charge on any atom is -0.495 e. The van der Waals surface area contributed by atoms with Crippen LogP contribution < -0.4 is 10.1 Å². The van der Waals surface area contributed by atoms with Crippen molar-refractivity contribution in [1.29, 1.82) is 0 Å². The van der Waals surface area contributed by atoms with Gasteiger partial charge in [0.05, 0.1) is 24.4 Å². The van der Waals surface area contributed by atoms with E-state index in [-0.39, 0.29) is 5.91 Å². The molecular formula is C19H20N4O2. The van der Waals surface area contributed by atoms with Gasteiger partial charge in [0.25, 0.3) is 5.91 Å². The lowest BCUT2D eigenvalue weighted by Gasteiger charge is -2.11. The molecule has 1 amide bonds. The Morgan fingerprint density at radius 1 is 1.20 bits per heavy atom. The van der Waals surface area contributed by atoms with Crippen LogP contribution in [0.3, 0.4) is 0 Å². The second-order valence-electron chi connectivity index (χ2n) is 6.33. The monoisotopic (exact) mass is 336 g/mol. The van der Waals surface area contributed by atoms with E-state index in [9.17, 15) is 4.79 Å². The van der Waals surface area contributed by atoms with Crippen LogP contribution in [-0.2, 0) is 0 Å². The van der Waals surface area contributed by atoms with Crippen LogP contribution in [0.25, 0.3) is 11.0 Å². The highest BCUT2D eigenvalue weighted by Crippen LogP contribution is 2.31. The van der Waals surface area contributed by atoms with Gasteiger partial charge in [0.1, 0.15) is 11.3 Å². The number of para-hydroxylation sites is 2. The van der Waals surface area contributed by atoms with Crippen molar-refractivity contribution in [1.82, 2.24) is 15.0 Å². The van der Waals surface area contributed by atoms with E-state index in [1.807, 2.05) is 41.1 Å². The first-order valence-electron chi connectivity index (χ1n) is 8.55. The summed E-state index contributed by atoms with van der Waals surface area (Å²) >= 11 is 0. The van der Waals surface area contributed by atoms with Crippen molar-refractivity contribution in [2.24, 2.45) is 0 Å². The average Bonchev–Trinajstić information content (AvgIpc) is 3.30. The van der Waals surface area contributed by atoms with E-state index < -0.39 is 0 Å². The number of benzene rings is 2. The SMILES string of the molecule is COc1ccccc1NC(=O)c1ccc2c(c1)nnn2C1CCCC1. The Labute approximate surface area is 145 Å². The number of hydrogen-bond acceptors (Lipinski definition) is 4. The van der Waals surface area contributed by atoms with Crippen molar-refractivity contribution in [3.05, 3.63) is 48.0 Å². The lowest BCUT2D eigenvalue weighted by Crippen LogP contribution is -2.12. The summed E-state index contributed by atoms with van der Waals surface area (Å²) in [6.45, 7) is 0. The molecule has 0 radical (unpaired) electrons.